The molecule has 1 aromatic heterocycles. The van der Waals surface area contributed by atoms with E-state index >= 15 is 0 Å². The Morgan fingerprint density at radius 2 is 2.17 bits per heavy atom. The molecule has 2 rings (SSSR count). The summed E-state index contributed by atoms with van der Waals surface area (Å²) in [5, 5.41) is 0. The molecule has 1 fully saturated rings. The first-order valence-electron chi connectivity index (χ1n) is 4.13. The number of H-pyrrole nitrogens is 1. The van der Waals surface area contributed by atoms with Crippen molar-refractivity contribution in [3.05, 3.63) is 12.3 Å². The second kappa shape index (κ2) is 3.06. The molecule has 3 N–H and O–H groups in total. The maximum atomic E-state index is 5.57. The van der Waals surface area contributed by atoms with Crippen molar-refractivity contribution in [2.75, 3.05) is 36.9 Å². The van der Waals surface area contributed by atoms with Gasteiger partial charge in [0.25, 0.3) is 0 Å². The van der Waals surface area contributed by atoms with E-state index < -0.39 is 0 Å². The van der Waals surface area contributed by atoms with Crippen LogP contribution in [0.2, 0.25) is 0 Å². The molecule has 0 aromatic carbocycles. The van der Waals surface area contributed by atoms with Crippen molar-refractivity contribution in [1.82, 2.24) is 4.98 Å². The highest BCUT2D eigenvalue weighted by Gasteiger charge is 2.11. The van der Waals surface area contributed by atoms with Crippen molar-refractivity contribution in [3.63, 3.8) is 0 Å². The topological polar surface area (TPSA) is 54.3 Å². The molecule has 2 heterocycles. The highest BCUT2D eigenvalue weighted by atomic mass is 16.5. The third kappa shape index (κ3) is 1.38. The van der Waals surface area contributed by atoms with Gasteiger partial charge in [-0.1, -0.05) is 0 Å². The summed E-state index contributed by atoms with van der Waals surface area (Å²) in [6.45, 7) is 3.53. The maximum absolute atomic E-state index is 5.57. The molecule has 0 atom stereocenters. The van der Waals surface area contributed by atoms with E-state index in [1.54, 1.807) is 0 Å². The molecule has 66 valence electrons. The van der Waals surface area contributed by atoms with E-state index in [1.165, 1.54) is 0 Å². The van der Waals surface area contributed by atoms with Crippen molar-refractivity contribution in [3.8, 4) is 0 Å². The Labute approximate surface area is 71.3 Å². The number of morpholine rings is 1. The minimum atomic E-state index is 0.719. The monoisotopic (exact) mass is 167 g/mol. The molecule has 0 aliphatic carbocycles. The van der Waals surface area contributed by atoms with Gasteiger partial charge in [-0.25, -0.2) is 0 Å². The molecule has 1 saturated heterocycles. The number of aromatic amines is 1. The van der Waals surface area contributed by atoms with Crippen molar-refractivity contribution in [2.24, 2.45) is 0 Å². The molecule has 4 nitrogen and oxygen atoms in total. The molecule has 0 spiro atoms. The van der Waals surface area contributed by atoms with E-state index in [0.29, 0.717) is 0 Å². The van der Waals surface area contributed by atoms with Crippen LogP contribution in [0.1, 0.15) is 0 Å². The van der Waals surface area contributed by atoms with Crippen LogP contribution < -0.4 is 10.6 Å². The third-order valence-corrected chi connectivity index (χ3v) is 2.07. The zero-order valence-electron chi connectivity index (χ0n) is 6.92. The van der Waals surface area contributed by atoms with Gasteiger partial charge in [0, 0.05) is 25.4 Å². The smallest absolute Gasteiger partial charge is 0.102 e. The van der Waals surface area contributed by atoms with Gasteiger partial charge in [-0.2, -0.15) is 0 Å². The van der Waals surface area contributed by atoms with Gasteiger partial charge in [0.15, 0.2) is 0 Å². The Kier molecular flexibility index (Phi) is 1.91. The summed E-state index contributed by atoms with van der Waals surface area (Å²) >= 11 is 0. The number of ether oxygens (including phenoxy) is 1. The number of nitrogens with one attached hydrogen (secondary N) is 1. The second-order valence-electron chi connectivity index (χ2n) is 2.91. The van der Waals surface area contributed by atoms with Crippen LogP contribution in [0.3, 0.4) is 0 Å². The third-order valence-electron chi connectivity index (χ3n) is 2.07. The predicted octanol–water partition coefficient (Wildman–Crippen LogP) is 0.433. The van der Waals surface area contributed by atoms with Gasteiger partial charge in [-0.05, 0) is 0 Å². The van der Waals surface area contributed by atoms with Crippen LogP contribution in [0.5, 0.6) is 0 Å². The number of aromatic nitrogens is 1. The molecule has 1 aliphatic rings. The van der Waals surface area contributed by atoms with Gasteiger partial charge in [0.1, 0.15) is 5.82 Å². The summed E-state index contributed by atoms with van der Waals surface area (Å²) in [6, 6.07) is 1.95. The van der Waals surface area contributed by atoms with Gasteiger partial charge >= 0.3 is 0 Å². The Morgan fingerprint density at radius 3 is 2.75 bits per heavy atom. The fraction of sp³-hybridized carbons (Fsp3) is 0.500. The molecule has 0 saturated carbocycles. The highest BCUT2D eigenvalue weighted by Crippen LogP contribution is 2.17. The summed E-state index contributed by atoms with van der Waals surface area (Å²) in [4.78, 5) is 5.22. The summed E-state index contributed by atoms with van der Waals surface area (Å²) in [6.07, 6.45) is 1.93. The van der Waals surface area contributed by atoms with Crippen LogP contribution in [0.25, 0.3) is 0 Å². The van der Waals surface area contributed by atoms with Crippen LogP contribution in [0, 0.1) is 0 Å². The number of rotatable bonds is 1. The van der Waals surface area contributed by atoms with E-state index in [2.05, 4.69) is 9.88 Å². The van der Waals surface area contributed by atoms with Gasteiger partial charge in [-0.3, -0.25) is 0 Å². The lowest BCUT2D eigenvalue weighted by Crippen LogP contribution is -2.35. The standard InChI is InChI=1S/C8H13N3O/c9-8-5-7(6-10-8)11-1-3-12-4-2-11/h5-6,10H,1-4,9H2. The normalized spacial score (nSPS) is 18.2. The first kappa shape index (κ1) is 7.49. The van der Waals surface area contributed by atoms with Gasteiger partial charge in [0.2, 0.25) is 0 Å². The number of nitrogens with two attached hydrogens (primary N) is 1. The summed E-state index contributed by atoms with van der Waals surface area (Å²) in [5.41, 5.74) is 6.73. The van der Waals surface area contributed by atoms with E-state index in [0.717, 1.165) is 37.8 Å². The number of anilines is 2. The number of hydrogen-bond donors (Lipinski definition) is 2. The average molecular weight is 167 g/mol. The van der Waals surface area contributed by atoms with Crippen LogP contribution in [-0.4, -0.2) is 31.3 Å². The summed E-state index contributed by atoms with van der Waals surface area (Å²) in [5.74, 6) is 0.719. The fourth-order valence-electron chi connectivity index (χ4n) is 1.40. The Balaban J connectivity index is 2.08. The SMILES string of the molecule is Nc1cc(N2CCOCC2)c[nH]1. The van der Waals surface area contributed by atoms with E-state index in [9.17, 15) is 0 Å². The molecule has 1 aliphatic heterocycles. The van der Waals surface area contributed by atoms with Crippen LogP contribution in [-0.2, 0) is 4.74 Å². The van der Waals surface area contributed by atoms with Crippen LogP contribution >= 0.6 is 0 Å². The molecular formula is C8H13N3O. The summed E-state index contributed by atoms with van der Waals surface area (Å²) < 4.78 is 5.24. The molecule has 4 heteroatoms. The van der Waals surface area contributed by atoms with Crippen molar-refractivity contribution >= 4 is 11.5 Å². The minimum Gasteiger partial charge on any atom is -0.385 e. The average Bonchev–Trinajstić information content (AvgIpc) is 2.54. The Hall–Kier alpha value is -1.16. The van der Waals surface area contributed by atoms with Crippen LogP contribution in [0.4, 0.5) is 11.5 Å². The molecular weight excluding hydrogens is 154 g/mol. The summed E-state index contributed by atoms with van der Waals surface area (Å²) in [7, 11) is 0. The number of nitrogens with zero attached hydrogens (tertiary/aromatic N) is 1. The lowest BCUT2D eigenvalue weighted by Gasteiger charge is -2.27. The Bertz CT molecular complexity index is 253. The molecule has 0 bridgehead atoms. The first-order chi connectivity index (χ1) is 5.86. The number of nitrogen functional groups attached to an aromatic ring is 1. The van der Waals surface area contributed by atoms with Crippen LogP contribution in [0.15, 0.2) is 12.3 Å². The fourth-order valence-corrected chi connectivity index (χ4v) is 1.40. The van der Waals surface area contributed by atoms with E-state index in [1.807, 2.05) is 12.3 Å². The Morgan fingerprint density at radius 1 is 1.42 bits per heavy atom. The first-order valence-corrected chi connectivity index (χ1v) is 4.13. The largest absolute Gasteiger partial charge is 0.385 e. The second-order valence-corrected chi connectivity index (χ2v) is 2.91. The highest BCUT2D eigenvalue weighted by molar-refractivity contribution is 5.53. The van der Waals surface area contributed by atoms with Gasteiger partial charge < -0.3 is 20.4 Å². The molecule has 1 aromatic rings. The zero-order valence-corrected chi connectivity index (χ0v) is 6.92. The zero-order chi connectivity index (χ0) is 8.39. The van der Waals surface area contributed by atoms with Crippen molar-refractivity contribution in [2.45, 2.75) is 0 Å². The molecule has 0 radical (unpaired) electrons. The molecule has 0 unspecified atom stereocenters. The van der Waals surface area contributed by atoms with E-state index in [4.69, 9.17) is 10.5 Å². The van der Waals surface area contributed by atoms with Gasteiger partial charge in [-0.15, -0.1) is 0 Å². The predicted molar refractivity (Wildman–Crippen MR) is 48.2 cm³/mol. The lowest BCUT2D eigenvalue weighted by atomic mass is 10.3. The van der Waals surface area contributed by atoms with Crippen molar-refractivity contribution in [1.29, 1.82) is 0 Å². The lowest BCUT2D eigenvalue weighted by molar-refractivity contribution is 0.122. The molecule has 0 amide bonds. The quantitative estimate of drug-likeness (QED) is 0.638. The maximum Gasteiger partial charge on any atom is 0.102 e. The van der Waals surface area contributed by atoms with E-state index in [-0.39, 0.29) is 0 Å². The van der Waals surface area contributed by atoms with Crippen molar-refractivity contribution < 1.29 is 4.74 Å². The van der Waals surface area contributed by atoms with Gasteiger partial charge in [0.05, 0.1) is 18.9 Å². The minimum absolute atomic E-state index is 0.719. The molecule has 12 heavy (non-hydrogen) atoms. The number of hydrogen-bond acceptors (Lipinski definition) is 3.